The molecule has 1 aliphatic carbocycles. The fraction of sp³-hybridized carbons (Fsp3) is 0.833. The van der Waals surface area contributed by atoms with Gasteiger partial charge in [-0.05, 0) is 57.7 Å². The third-order valence-electron chi connectivity index (χ3n) is 5.39. The van der Waals surface area contributed by atoms with Gasteiger partial charge in [0, 0.05) is 19.4 Å². The molecular weight excluding hydrogens is 288 g/mol. The number of nitrogens with one attached hydrogen (secondary N) is 1. The van der Waals surface area contributed by atoms with Crippen molar-refractivity contribution in [3.8, 4) is 0 Å². The molecule has 1 aromatic heterocycles. The number of hydrogen-bond donors (Lipinski definition) is 1. The number of ether oxygens (including phenoxy) is 1. The Kier molecular flexibility index (Phi) is 4.81. The van der Waals surface area contributed by atoms with Gasteiger partial charge in [0.25, 0.3) is 0 Å². The first kappa shape index (κ1) is 16.9. The van der Waals surface area contributed by atoms with Crippen molar-refractivity contribution in [2.75, 3.05) is 27.4 Å². The molecule has 1 aromatic rings. The number of nitrogens with zero attached hydrogens (tertiary/aromatic N) is 3. The average Bonchev–Trinajstić information content (AvgIpc) is 3.05. The average molecular weight is 320 g/mol. The molecule has 1 spiro atoms. The van der Waals surface area contributed by atoms with Crippen LogP contribution in [0.15, 0.2) is 12.3 Å². The highest BCUT2D eigenvalue weighted by molar-refractivity contribution is 5.04. The summed E-state index contributed by atoms with van der Waals surface area (Å²) in [6.45, 7) is 7.40. The van der Waals surface area contributed by atoms with Crippen LogP contribution in [-0.4, -0.2) is 47.7 Å². The molecule has 5 heteroatoms. The Morgan fingerprint density at radius 2 is 2.13 bits per heavy atom. The Morgan fingerprint density at radius 3 is 2.74 bits per heavy atom. The van der Waals surface area contributed by atoms with Gasteiger partial charge in [0.15, 0.2) is 0 Å². The quantitative estimate of drug-likeness (QED) is 0.847. The van der Waals surface area contributed by atoms with Crippen LogP contribution < -0.4 is 5.32 Å². The minimum atomic E-state index is 0.149. The molecule has 2 heterocycles. The SMILES string of the molecule is CNCN(C)Cc1ccnn1C1CCC2(CC1)CC(C)(C)CO2. The van der Waals surface area contributed by atoms with Crippen molar-refractivity contribution < 1.29 is 4.74 Å². The van der Waals surface area contributed by atoms with E-state index in [1.165, 1.54) is 37.8 Å². The van der Waals surface area contributed by atoms with Crippen LogP contribution in [0.2, 0.25) is 0 Å². The highest BCUT2D eigenvalue weighted by Crippen LogP contribution is 2.48. The molecule has 23 heavy (non-hydrogen) atoms. The summed E-state index contributed by atoms with van der Waals surface area (Å²) in [6, 6.07) is 2.69. The van der Waals surface area contributed by atoms with E-state index >= 15 is 0 Å². The third kappa shape index (κ3) is 3.78. The van der Waals surface area contributed by atoms with Crippen molar-refractivity contribution in [1.82, 2.24) is 20.0 Å². The molecule has 3 rings (SSSR count). The minimum Gasteiger partial charge on any atom is -0.374 e. The van der Waals surface area contributed by atoms with E-state index in [9.17, 15) is 0 Å². The standard InChI is InChI=1S/C18H32N4O/c1-17(2)12-18(23-13-17)8-5-15(6-9-18)22-16(7-10-20-22)11-21(4)14-19-3/h7,10,15,19H,5-6,8-9,11-14H2,1-4H3. The lowest BCUT2D eigenvalue weighted by Gasteiger charge is -2.37. The van der Waals surface area contributed by atoms with Gasteiger partial charge in [0.2, 0.25) is 0 Å². The van der Waals surface area contributed by atoms with Gasteiger partial charge in [-0.3, -0.25) is 9.58 Å². The van der Waals surface area contributed by atoms with E-state index in [0.29, 0.717) is 11.5 Å². The molecule has 1 saturated carbocycles. The summed E-state index contributed by atoms with van der Waals surface area (Å²) in [6.07, 6.45) is 7.87. The second-order valence-electron chi connectivity index (χ2n) is 8.34. The molecule has 0 atom stereocenters. The number of rotatable bonds is 5. The maximum atomic E-state index is 6.24. The Morgan fingerprint density at radius 1 is 1.39 bits per heavy atom. The van der Waals surface area contributed by atoms with Gasteiger partial charge >= 0.3 is 0 Å². The molecule has 0 aromatic carbocycles. The first-order chi connectivity index (χ1) is 10.9. The van der Waals surface area contributed by atoms with E-state index in [1.54, 1.807) is 0 Å². The second-order valence-corrected chi connectivity index (χ2v) is 8.34. The first-order valence-electron chi connectivity index (χ1n) is 8.93. The fourth-order valence-corrected chi connectivity index (χ4v) is 4.42. The summed E-state index contributed by atoms with van der Waals surface area (Å²) < 4.78 is 8.51. The Labute approximate surface area is 140 Å². The first-order valence-corrected chi connectivity index (χ1v) is 8.93. The summed E-state index contributed by atoms with van der Waals surface area (Å²) in [5.74, 6) is 0. The second kappa shape index (κ2) is 6.54. The van der Waals surface area contributed by atoms with E-state index in [1.807, 2.05) is 13.2 Å². The summed E-state index contributed by atoms with van der Waals surface area (Å²) in [7, 11) is 4.12. The van der Waals surface area contributed by atoms with Gasteiger partial charge in [-0.25, -0.2) is 0 Å². The zero-order chi connectivity index (χ0) is 16.5. The minimum absolute atomic E-state index is 0.149. The Bertz CT molecular complexity index is 517. The van der Waals surface area contributed by atoms with Crippen molar-refractivity contribution in [2.45, 2.75) is 64.1 Å². The molecule has 1 saturated heterocycles. The number of hydrogen-bond acceptors (Lipinski definition) is 4. The Balaban J connectivity index is 1.61. The fourth-order valence-electron chi connectivity index (χ4n) is 4.42. The van der Waals surface area contributed by atoms with E-state index in [4.69, 9.17) is 4.74 Å². The van der Waals surface area contributed by atoms with Crippen LogP contribution in [0.1, 0.15) is 57.7 Å². The predicted molar refractivity (Wildman–Crippen MR) is 92.2 cm³/mol. The highest BCUT2D eigenvalue weighted by atomic mass is 16.5. The third-order valence-corrected chi connectivity index (χ3v) is 5.39. The predicted octanol–water partition coefficient (Wildman–Crippen LogP) is 2.79. The lowest BCUT2D eigenvalue weighted by molar-refractivity contribution is -0.0354. The largest absolute Gasteiger partial charge is 0.374 e. The van der Waals surface area contributed by atoms with Crippen LogP contribution in [0, 0.1) is 5.41 Å². The molecule has 0 unspecified atom stereocenters. The maximum Gasteiger partial charge on any atom is 0.0690 e. The molecule has 0 amide bonds. The number of aromatic nitrogens is 2. The molecule has 5 nitrogen and oxygen atoms in total. The molecule has 130 valence electrons. The zero-order valence-electron chi connectivity index (χ0n) is 15.1. The van der Waals surface area contributed by atoms with Crippen molar-refractivity contribution in [3.05, 3.63) is 18.0 Å². The van der Waals surface area contributed by atoms with Gasteiger partial charge in [0.05, 0.1) is 23.9 Å². The summed E-state index contributed by atoms with van der Waals surface area (Å²) in [5, 5.41) is 7.82. The van der Waals surface area contributed by atoms with Crippen LogP contribution in [0.4, 0.5) is 0 Å². The molecule has 0 radical (unpaired) electrons. The van der Waals surface area contributed by atoms with Crippen molar-refractivity contribution in [2.24, 2.45) is 5.41 Å². The maximum absolute atomic E-state index is 6.24. The van der Waals surface area contributed by atoms with Crippen molar-refractivity contribution in [3.63, 3.8) is 0 Å². The summed E-state index contributed by atoms with van der Waals surface area (Å²) in [5.41, 5.74) is 1.81. The van der Waals surface area contributed by atoms with Gasteiger partial charge in [-0.15, -0.1) is 0 Å². The Hall–Kier alpha value is -0.910. The lowest BCUT2D eigenvalue weighted by Crippen LogP contribution is -2.36. The van der Waals surface area contributed by atoms with E-state index < -0.39 is 0 Å². The van der Waals surface area contributed by atoms with Gasteiger partial charge in [0.1, 0.15) is 0 Å². The van der Waals surface area contributed by atoms with Crippen LogP contribution in [0.25, 0.3) is 0 Å². The molecule has 2 fully saturated rings. The zero-order valence-corrected chi connectivity index (χ0v) is 15.1. The lowest BCUT2D eigenvalue weighted by atomic mass is 9.75. The van der Waals surface area contributed by atoms with E-state index in [-0.39, 0.29) is 5.60 Å². The molecular formula is C18H32N4O. The van der Waals surface area contributed by atoms with Crippen LogP contribution in [-0.2, 0) is 11.3 Å². The topological polar surface area (TPSA) is 42.3 Å². The highest BCUT2D eigenvalue weighted by Gasteiger charge is 2.46. The van der Waals surface area contributed by atoms with Gasteiger partial charge in [-0.1, -0.05) is 13.8 Å². The van der Waals surface area contributed by atoms with Gasteiger partial charge < -0.3 is 10.1 Å². The molecule has 0 bridgehead atoms. The normalized spacial score (nSPS) is 30.4. The van der Waals surface area contributed by atoms with Crippen molar-refractivity contribution >= 4 is 0 Å². The van der Waals surface area contributed by atoms with Crippen molar-refractivity contribution in [1.29, 1.82) is 0 Å². The van der Waals surface area contributed by atoms with Crippen LogP contribution >= 0.6 is 0 Å². The summed E-state index contributed by atoms with van der Waals surface area (Å²) in [4.78, 5) is 2.28. The monoisotopic (exact) mass is 320 g/mol. The van der Waals surface area contributed by atoms with Crippen LogP contribution in [0.5, 0.6) is 0 Å². The molecule has 1 aliphatic heterocycles. The van der Waals surface area contributed by atoms with Crippen LogP contribution in [0.3, 0.4) is 0 Å². The van der Waals surface area contributed by atoms with E-state index in [2.05, 4.69) is 47.0 Å². The smallest absolute Gasteiger partial charge is 0.0690 e. The van der Waals surface area contributed by atoms with E-state index in [0.717, 1.165) is 19.8 Å². The van der Waals surface area contributed by atoms with Gasteiger partial charge in [-0.2, -0.15) is 5.10 Å². The molecule has 2 aliphatic rings. The molecule has 1 N–H and O–H groups in total. The summed E-state index contributed by atoms with van der Waals surface area (Å²) >= 11 is 0.